The molecule has 0 aromatic heterocycles. The first-order valence-electron chi connectivity index (χ1n) is 5.04. The summed E-state index contributed by atoms with van der Waals surface area (Å²) in [6.07, 6.45) is 0. The SMILES string of the molecule is NC(c1cccc(Br)c1)c1ccc(F)c(F)c1. The number of rotatable bonds is 2. The molecular formula is C13H10BrF2N. The molecule has 0 radical (unpaired) electrons. The van der Waals surface area contributed by atoms with Crippen molar-refractivity contribution < 1.29 is 8.78 Å². The molecule has 1 atom stereocenters. The van der Waals surface area contributed by atoms with Crippen LogP contribution < -0.4 is 5.73 Å². The molecule has 2 aromatic rings. The zero-order valence-electron chi connectivity index (χ0n) is 8.83. The minimum Gasteiger partial charge on any atom is -0.320 e. The van der Waals surface area contributed by atoms with Crippen LogP contribution in [0.2, 0.25) is 0 Å². The molecule has 2 N–H and O–H groups in total. The van der Waals surface area contributed by atoms with Gasteiger partial charge < -0.3 is 5.73 Å². The van der Waals surface area contributed by atoms with Crippen LogP contribution in [0.3, 0.4) is 0 Å². The second-order valence-corrected chi connectivity index (χ2v) is 4.62. The van der Waals surface area contributed by atoms with E-state index in [1.807, 2.05) is 24.3 Å². The van der Waals surface area contributed by atoms with Gasteiger partial charge in [0.25, 0.3) is 0 Å². The molecule has 0 amide bonds. The topological polar surface area (TPSA) is 26.0 Å². The molecule has 0 heterocycles. The Hall–Kier alpha value is -1.26. The molecule has 88 valence electrons. The molecular weight excluding hydrogens is 288 g/mol. The van der Waals surface area contributed by atoms with Gasteiger partial charge in [-0.05, 0) is 35.4 Å². The van der Waals surface area contributed by atoms with Crippen LogP contribution in [0.5, 0.6) is 0 Å². The second kappa shape index (κ2) is 4.94. The number of nitrogens with two attached hydrogens (primary N) is 1. The molecule has 2 aromatic carbocycles. The average Bonchev–Trinajstić information content (AvgIpc) is 2.32. The van der Waals surface area contributed by atoms with E-state index in [4.69, 9.17) is 5.73 Å². The number of hydrogen-bond donors (Lipinski definition) is 1. The van der Waals surface area contributed by atoms with E-state index < -0.39 is 17.7 Å². The fourth-order valence-corrected chi connectivity index (χ4v) is 2.02. The Morgan fingerprint density at radius 3 is 2.29 bits per heavy atom. The van der Waals surface area contributed by atoms with E-state index in [0.29, 0.717) is 5.56 Å². The Kier molecular flexibility index (Phi) is 3.54. The van der Waals surface area contributed by atoms with Crippen LogP contribution in [0, 0.1) is 11.6 Å². The van der Waals surface area contributed by atoms with Crippen molar-refractivity contribution in [3.8, 4) is 0 Å². The third-order valence-corrected chi connectivity index (χ3v) is 3.00. The third-order valence-electron chi connectivity index (χ3n) is 2.51. The van der Waals surface area contributed by atoms with Crippen LogP contribution in [0.25, 0.3) is 0 Å². The zero-order valence-corrected chi connectivity index (χ0v) is 10.4. The molecule has 2 rings (SSSR count). The lowest BCUT2D eigenvalue weighted by molar-refractivity contribution is 0.506. The summed E-state index contributed by atoms with van der Waals surface area (Å²) < 4.78 is 26.8. The standard InChI is InChI=1S/C13H10BrF2N/c14-10-3-1-2-8(6-10)13(17)9-4-5-11(15)12(16)7-9/h1-7,13H,17H2. The first-order chi connectivity index (χ1) is 8.08. The van der Waals surface area contributed by atoms with Crippen molar-refractivity contribution in [1.82, 2.24) is 0 Å². The Morgan fingerprint density at radius 2 is 1.65 bits per heavy atom. The molecule has 0 spiro atoms. The van der Waals surface area contributed by atoms with Crippen LogP contribution in [0.1, 0.15) is 17.2 Å². The van der Waals surface area contributed by atoms with Crippen molar-refractivity contribution in [3.05, 3.63) is 69.7 Å². The highest BCUT2D eigenvalue weighted by atomic mass is 79.9. The zero-order chi connectivity index (χ0) is 12.4. The average molecular weight is 298 g/mol. The lowest BCUT2D eigenvalue weighted by atomic mass is 10.00. The normalized spacial score (nSPS) is 12.5. The van der Waals surface area contributed by atoms with Gasteiger partial charge in [0.05, 0.1) is 6.04 Å². The molecule has 1 nitrogen and oxygen atoms in total. The maximum absolute atomic E-state index is 13.1. The van der Waals surface area contributed by atoms with Gasteiger partial charge in [-0.3, -0.25) is 0 Å². The minimum absolute atomic E-state index is 0.470. The highest BCUT2D eigenvalue weighted by Gasteiger charge is 2.11. The van der Waals surface area contributed by atoms with Crippen LogP contribution in [0.4, 0.5) is 8.78 Å². The summed E-state index contributed by atoms with van der Waals surface area (Å²) in [6, 6.07) is 10.7. The summed E-state index contributed by atoms with van der Waals surface area (Å²) in [5.41, 5.74) is 7.38. The fraction of sp³-hybridized carbons (Fsp3) is 0.0769. The van der Waals surface area contributed by atoms with E-state index >= 15 is 0 Å². The lowest BCUT2D eigenvalue weighted by Gasteiger charge is -2.13. The van der Waals surface area contributed by atoms with Gasteiger partial charge in [-0.2, -0.15) is 0 Å². The molecule has 0 fully saturated rings. The molecule has 0 aliphatic heterocycles. The molecule has 0 saturated carbocycles. The molecule has 4 heteroatoms. The number of benzene rings is 2. The molecule has 0 bridgehead atoms. The Labute approximate surface area is 106 Å². The van der Waals surface area contributed by atoms with Gasteiger partial charge in [-0.25, -0.2) is 8.78 Å². The lowest BCUT2D eigenvalue weighted by Crippen LogP contribution is -2.12. The maximum Gasteiger partial charge on any atom is 0.159 e. The van der Waals surface area contributed by atoms with Crippen LogP contribution in [-0.2, 0) is 0 Å². The Morgan fingerprint density at radius 1 is 0.941 bits per heavy atom. The van der Waals surface area contributed by atoms with Crippen LogP contribution in [0.15, 0.2) is 46.9 Å². The fourth-order valence-electron chi connectivity index (χ4n) is 1.60. The van der Waals surface area contributed by atoms with Gasteiger partial charge in [0.2, 0.25) is 0 Å². The summed E-state index contributed by atoms with van der Waals surface area (Å²) in [4.78, 5) is 0. The second-order valence-electron chi connectivity index (χ2n) is 3.71. The summed E-state index contributed by atoms with van der Waals surface area (Å²) in [6.45, 7) is 0. The van der Waals surface area contributed by atoms with E-state index in [9.17, 15) is 8.78 Å². The first-order valence-corrected chi connectivity index (χ1v) is 5.83. The largest absolute Gasteiger partial charge is 0.320 e. The predicted octanol–water partition coefficient (Wildman–Crippen LogP) is 3.78. The highest BCUT2D eigenvalue weighted by Crippen LogP contribution is 2.23. The van der Waals surface area contributed by atoms with E-state index in [2.05, 4.69) is 15.9 Å². The summed E-state index contributed by atoms with van der Waals surface area (Å²) in [7, 11) is 0. The molecule has 0 saturated heterocycles. The van der Waals surface area contributed by atoms with Crippen molar-refractivity contribution in [2.45, 2.75) is 6.04 Å². The molecule has 0 aliphatic rings. The minimum atomic E-state index is -0.882. The van der Waals surface area contributed by atoms with Gasteiger partial charge in [0.15, 0.2) is 11.6 Å². The van der Waals surface area contributed by atoms with Crippen LogP contribution >= 0.6 is 15.9 Å². The smallest absolute Gasteiger partial charge is 0.159 e. The Bertz CT molecular complexity index is 543. The van der Waals surface area contributed by atoms with Crippen molar-refractivity contribution in [1.29, 1.82) is 0 Å². The van der Waals surface area contributed by atoms with E-state index in [1.165, 1.54) is 6.07 Å². The Balaban J connectivity index is 2.36. The van der Waals surface area contributed by atoms with E-state index in [-0.39, 0.29) is 0 Å². The van der Waals surface area contributed by atoms with Crippen molar-refractivity contribution in [2.24, 2.45) is 5.73 Å². The number of halogens is 3. The summed E-state index contributed by atoms with van der Waals surface area (Å²) in [5.74, 6) is -1.75. The van der Waals surface area contributed by atoms with E-state index in [0.717, 1.165) is 22.2 Å². The monoisotopic (exact) mass is 297 g/mol. The van der Waals surface area contributed by atoms with Crippen molar-refractivity contribution in [3.63, 3.8) is 0 Å². The van der Waals surface area contributed by atoms with Crippen LogP contribution in [-0.4, -0.2) is 0 Å². The van der Waals surface area contributed by atoms with Gasteiger partial charge >= 0.3 is 0 Å². The van der Waals surface area contributed by atoms with Gasteiger partial charge in [-0.15, -0.1) is 0 Å². The highest BCUT2D eigenvalue weighted by molar-refractivity contribution is 9.10. The van der Waals surface area contributed by atoms with Gasteiger partial charge in [0.1, 0.15) is 0 Å². The van der Waals surface area contributed by atoms with Crippen molar-refractivity contribution >= 4 is 15.9 Å². The number of hydrogen-bond acceptors (Lipinski definition) is 1. The third kappa shape index (κ3) is 2.70. The molecule has 0 aliphatic carbocycles. The van der Waals surface area contributed by atoms with Gasteiger partial charge in [-0.1, -0.05) is 34.1 Å². The van der Waals surface area contributed by atoms with Crippen molar-refractivity contribution in [2.75, 3.05) is 0 Å². The first kappa shape index (κ1) is 12.2. The predicted molar refractivity (Wildman–Crippen MR) is 66.5 cm³/mol. The van der Waals surface area contributed by atoms with E-state index in [1.54, 1.807) is 0 Å². The summed E-state index contributed by atoms with van der Waals surface area (Å²) in [5, 5.41) is 0. The molecule has 17 heavy (non-hydrogen) atoms. The summed E-state index contributed by atoms with van der Waals surface area (Å²) >= 11 is 3.34. The maximum atomic E-state index is 13.1. The quantitative estimate of drug-likeness (QED) is 0.897. The van der Waals surface area contributed by atoms with Gasteiger partial charge in [0, 0.05) is 4.47 Å². The molecule has 1 unspecified atom stereocenters.